The molecule has 1 saturated carbocycles. The van der Waals surface area contributed by atoms with E-state index in [1.54, 1.807) is 17.2 Å². The molecule has 1 aromatic heterocycles. The van der Waals surface area contributed by atoms with Gasteiger partial charge in [-0.2, -0.15) is 0 Å². The van der Waals surface area contributed by atoms with E-state index in [4.69, 9.17) is 0 Å². The van der Waals surface area contributed by atoms with Crippen LogP contribution in [0.5, 0.6) is 0 Å². The highest BCUT2D eigenvalue weighted by Gasteiger charge is 2.50. The molecule has 2 aliphatic heterocycles. The van der Waals surface area contributed by atoms with E-state index in [0.29, 0.717) is 19.1 Å². The summed E-state index contributed by atoms with van der Waals surface area (Å²) in [7, 11) is 0. The topological polar surface area (TPSA) is 75.5 Å². The Kier molecular flexibility index (Phi) is 5.02. The van der Waals surface area contributed by atoms with E-state index < -0.39 is 11.1 Å². The number of likely N-dealkylation sites (tertiary alicyclic amines) is 2. The third kappa shape index (κ3) is 3.51. The van der Waals surface area contributed by atoms with Crippen molar-refractivity contribution in [3.8, 4) is 0 Å². The molecule has 7 nitrogen and oxygen atoms in total. The van der Waals surface area contributed by atoms with E-state index in [1.165, 1.54) is 30.0 Å². The summed E-state index contributed by atoms with van der Waals surface area (Å²) >= 11 is 0. The van der Waals surface area contributed by atoms with Gasteiger partial charge in [0.2, 0.25) is 11.8 Å². The molecule has 2 amide bonds. The van der Waals surface area contributed by atoms with Crippen LogP contribution in [0.25, 0.3) is 0 Å². The SMILES string of the molecule is O=C(Cn1cccnc1=O)N1CC[C@]2(CCCN(C3CCCCC3)C2=O)C1. The van der Waals surface area contributed by atoms with Crippen LogP contribution in [0.15, 0.2) is 23.3 Å². The van der Waals surface area contributed by atoms with Crippen LogP contribution in [0.1, 0.15) is 51.4 Å². The molecule has 1 aliphatic carbocycles. The number of aromatic nitrogens is 2. The van der Waals surface area contributed by atoms with Crippen molar-refractivity contribution in [2.45, 2.75) is 64.0 Å². The van der Waals surface area contributed by atoms with Crippen molar-refractivity contribution in [2.24, 2.45) is 5.41 Å². The van der Waals surface area contributed by atoms with Crippen molar-refractivity contribution in [2.75, 3.05) is 19.6 Å². The van der Waals surface area contributed by atoms with Crippen molar-refractivity contribution >= 4 is 11.8 Å². The Bertz CT molecular complexity index is 770. The van der Waals surface area contributed by atoms with Gasteiger partial charge in [0.05, 0.1) is 5.41 Å². The third-order valence-electron chi connectivity index (χ3n) is 6.58. The predicted octanol–water partition coefficient (Wildman–Crippen LogP) is 1.42. The zero-order chi connectivity index (χ0) is 18.9. The first-order valence-electron chi connectivity index (χ1n) is 10.2. The maximum absolute atomic E-state index is 13.4. The van der Waals surface area contributed by atoms with Crippen molar-refractivity contribution in [1.82, 2.24) is 19.4 Å². The second-order valence-electron chi connectivity index (χ2n) is 8.27. The van der Waals surface area contributed by atoms with Gasteiger partial charge in [-0.25, -0.2) is 9.78 Å². The number of amides is 2. The summed E-state index contributed by atoms with van der Waals surface area (Å²) in [5.41, 5.74) is -0.831. The monoisotopic (exact) mass is 372 g/mol. The molecular weight excluding hydrogens is 344 g/mol. The molecule has 0 N–H and O–H groups in total. The number of rotatable bonds is 3. The minimum Gasteiger partial charge on any atom is -0.340 e. The lowest BCUT2D eigenvalue weighted by Crippen LogP contribution is -2.54. The number of carbonyl (C=O) groups excluding carboxylic acids is 2. The highest BCUT2D eigenvalue weighted by Crippen LogP contribution is 2.42. The first kappa shape index (κ1) is 18.2. The van der Waals surface area contributed by atoms with Gasteiger partial charge in [-0.1, -0.05) is 19.3 Å². The maximum Gasteiger partial charge on any atom is 0.347 e. The molecule has 4 rings (SSSR count). The van der Waals surface area contributed by atoms with Crippen LogP contribution in [0.2, 0.25) is 0 Å². The summed E-state index contributed by atoms with van der Waals surface area (Å²) in [6.07, 6.45) is 11.6. The Morgan fingerprint density at radius 3 is 2.70 bits per heavy atom. The number of hydrogen-bond acceptors (Lipinski definition) is 4. The van der Waals surface area contributed by atoms with Crippen LogP contribution in [0.4, 0.5) is 0 Å². The zero-order valence-electron chi connectivity index (χ0n) is 15.8. The first-order chi connectivity index (χ1) is 13.1. The largest absolute Gasteiger partial charge is 0.347 e. The number of nitrogens with zero attached hydrogens (tertiary/aromatic N) is 4. The second-order valence-corrected chi connectivity index (χ2v) is 8.27. The summed E-state index contributed by atoms with van der Waals surface area (Å²) in [4.78, 5) is 45.4. The van der Waals surface area contributed by atoms with Crippen LogP contribution in [-0.2, 0) is 16.1 Å². The molecule has 1 aromatic rings. The Morgan fingerprint density at radius 1 is 1.11 bits per heavy atom. The molecule has 7 heteroatoms. The molecule has 3 aliphatic rings. The first-order valence-corrected chi connectivity index (χ1v) is 10.2. The molecular formula is C20H28N4O3. The highest BCUT2D eigenvalue weighted by molar-refractivity contribution is 5.86. The van der Waals surface area contributed by atoms with E-state index in [-0.39, 0.29) is 18.4 Å². The molecule has 2 saturated heterocycles. The summed E-state index contributed by atoms with van der Waals surface area (Å²) < 4.78 is 1.32. The molecule has 27 heavy (non-hydrogen) atoms. The Morgan fingerprint density at radius 2 is 1.93 bits per heavy atom. The molecule has 0 radical (unpaired) electrons. The molecule has 0 aromatic carbocycles. The summed E-state index contributed by atoms with van der Waals surface area (Å²) in [5, 5.41) is 0. The standard InChI is InChI=1S/C20H28N4O3/c25-17(14-22-11-5-10-21-19(22)27)23-13-9-20(15-23)8-4-12-24(18(20)26)16-6-2-1-3-7-16/h5,10-11,16H,1-4,6-9,12-15H2/t20-/m1/s1. The van der Waals surface area contributed by atoms with Crippen LogP contribution in [0, 0.1) is 5.41 Å². The molecule has 0 unspecified atom stereocenters. The predicted molar refractivity (Wildman–Crippen MR) is 99.9 cm³/mol. The average molecular weight is 372 g/mol. The van der Waals surface area contributed by atoms with Gasteiger partial charge in [0.1, 0.15) is 6.54 Å². The van der Waals surface area contributed by atoms with E-state index >= 15 is 0 Å². The van der Waals surface area contributed by atoms with E-state index in [2.05, 4.69) is 9.88 Å². The zero-order valence-corrected chi connectivity index (χ0v) is 15.8. The summed E-state index contributed by atoms with van der Waals surface area (Å²) in [6.45, 7) is 1.94. The van der Waals surface area contributed by atoms with Crippen molar-refractivity contribution in [3.05, 3.63) is 28.9 Å². The Hall–Kier alpha value is -2.18. The van der Waals surface area contributed by atoms with Gasteiger partial charge >= 0.3 is 5.69 Å². The van der Waals surface area contributed by atoms with Crippen molar-refractivity contribution in [3.63, 3.8) is 0 Å². The van der Waals surface area contributed by atoms with Gasteiger partial charge in [0.15, 0.2) is 0 Å². The lowest BCUT2D eigenvalue weighted by atomic mass is 9.77. The number of piperidine rings is 1. The quantitative estimate of drug-likeness (QED) is 0.804. The fourth-order valence-corrected chi connectivity index (χ4v) is 5.06. The number of carbonyl (C=O) groups is 2. The fourth-order valence-electron chi connectivity index (χ4n) is 5.06. The minimum absolute atomic E-state index is 0.0106. The Labute approximate surface area is 159 Å². The number of hydrogen-bond donors (Lipinski definition) is 0. The molecule has 0 bridgehead atoms. The molecule has 146 valence electrons. The van der Waals surface area contributed by atoms with Gasteiger partial charge in [-0.3, -0.25) is 14.2 Å². The summed E-state index contributed by atoms with van der Waals surface area (Å²) in [6, 6.07) is 2.04. The lowest BCUT2D eigenvalue weighted by molar-refractivity contribution is -0.149. The minimum atomic E-state index is -0.419. The van der Waals surface area contributed by atoms with Gasteiger partial charge in [0.25, 0.3) is 0 Å². The van der Waals surface area contributed by atoms with Crippen molar-refractivity contribution in [1.29, 1.82) is 0 Å². The molecule has 1 spiro atoms. The normalized spacial score (nSPS) is 26.7. The van der Waals surface area contributed by atoms with E-state index in [1.807, 2.05) is 0 Å². The molecule has 1 atom stereocenters. The van der Waals surface area contributed by atoms with Gasteiger partial charge in [-0.05, 0) is 38.2 Å². The van der Waals surface area contributed by atoms with E-state index in [9.17, 15) is 14.4 Å². The van der Waals surface area contributed by atoms with Gasteiger partial charge in [-0.15, -0.1) is 0 Å². The van der Waals surface area contributed by atoms with Crippen LogP contribution >= 0.6 is 0 Å². The summed E-state index contributed by atoms with van der Waals surface area (Å²) in [5.74, 6) is 0.152. The second kappa shape index (κ2) is 7.44. The van der Waals surface area contributed by atoms with Gasteiger partial charge < -0.3 is 9.80 Å². The maximum atomic E-state index is 13.4. The van der Waals surface area contributed by atoms with Crippen molar-refractivity contribution < 1.29 is 9.59 Å². The van der Waals surface area contributed by atoms with E-state index in [0.717, 1.165) is 38.6 Å². The van der Waals surface area contributed by atoms with Crippen LogP contribution in [-0.4, -0.2) is 56.8 Å². The van der Waals surface area contributed by atoms with Crippen LogP contribution < -0.4 is 5.69 Å². The smallest absolute Gasteiger partial charge is 0.340 e. The lowest BCUT2D eigenvalue weighted by Gasteiger charge is -2.44. The average Bonchev–Trinajstić information content (AvgIpc) is 3.12. The Balaban J connectivity index is 1.44. The van der Waals surface area contributed by atoms with Crippen LogP contribution in [0.3, 0.4) is 0 Å². The fraction of sp³-hybridized carbons (Fsp3) is 0.700. The molecule has 3 heterocycles. The third-order valence-corrected chi connectivity index (χ3v) is 6.58. The molecule has 3 fully saturated rings. The van der Waals surface area contributed by atoms with Gasteiger partial charge in [0, 0.05) is 38.1 Å². The highest BCUT2D eigenvalue weighted by atomic mass is 16.2.